The van der Waals surface area contributed by atoms with Crippen LogP contribution in [0.5, 0.6) is 0 Å². The second kappa shape index (κ2) is 4.75. The van der Waals surface area contributed by atoms with Crippen LogP contribution in [0.1, 0.15) is 10.4 Å². The Hall–Kier alpha value is -2.21. The minimum atomic E-state index is -1.12. The number of ether oxygens (including phenoxy) is 1. The van der Waals surface area contributed by atoms with E-state index >= 15 is 0 Å². The molecule has 0 bridgehead atoms. The van der Waals surface area contributed by atoms with Gasteiger partial charge in [0.25, 0.3) is 17.7 Å². The molecule has 17 heavy (non-hydrogen) atoms. The van der Waals surface area contributed by atoms with E-state index in [-0.39, 0.29) is 6.61 Å². The molecule has 1 aromatic rings. The summed E-state index contributed by atoms with van der Waals surface area (Å²) in [5, 5.41) is 4.45. The molecule has 1 aliphatic heterocycles. The fourth-order valence-corrected chi connectivity index (χ4v) is 1.37. The van der Waals surface area contributed by atoms with Gasteiger partial charge in [0.15, 0.2) is 0 Å². The highest BCUT2D eigenvalue weighted by molar-refractivity contribution is 6.02. The number of morpholine rings is 1. The zero-order chi connectivity index (χ0) is 12.3. The summed E-state index contributed by atoms with van der Waals surface area (Å²) in [7, 11) is 0. The van der Waals surface area contributed by atoms with Gasteiger partial charge in [-0.15, -0.1) is 0 Å². The van der Waals surface area contributed by atoms with E-state index < -0.39 is 23.9 Å². The van der Waals surface area contributed by atoms with Gasteiger partial charge in [-0.1, -0.05) is 18.2 Å². The fourth-order valence-electron chi connectivity index (χ4n) is 1.37. The van der Waals surface area contributed by atoms with Gasteiger partial charge in [0.05, 0.1) is 0 Å². The van der Waals surface area contributed by atoms with Crippen molar-refractivity contribution in [3.8, 4) is 0 Å². The van der Waals surface area contributed by atoms with E-state index in [0.717, 1.165) is 0 Å². The molecular weight excluding hydrogens is 224 g/mol. The SMILES string of the molecule is O=C1COC(NC(=O)c2ccccc2)C(=O)N1. The zero-order valence-electron chi connectivity index (χ0n) is 8.80. The van der Waals surface area contributed by atoms with Gasteiger partial charge in [0, 0.05) is 5.56 Å². The highest BCUT2D eigenvalue weighted by Crippen LogP contribution is 2.01. The van der Waals surface area contributed by atoms with Crippen molar-refractivity contribution in [1.29, 1.82) is 0 Å². The Labute approximate surface area is 96.9 Å². The molecule has 88 valence electrons. The third kappa shape index (κ3) is 2.67. The molecule has 2 N–H and O–H groups in total. The van der Waals surface area contributed by atoms with Crippen molar-refractivity contribution in [1.82, 2.24) is 10.6 Å². The van der Waals surface area contributed by atoms with E-state index in [1.54, 1.807) is 30.3 Å². The number of carbonyl (C=O) groups is 3. The summed E-state index contributed by atoms with van der Waals surface area (Å²) < 4.78 is 4.90. The largest absolute Gasteiger partial charge is 0.339 e. The Morgan fingerprint density at radius 3 is 2.65 bits per heavy atom. The summed E-state index contributed by atoms with van der Waals surface area (Å²) in [6.45, 7) is -0.245. The maximum absolute atomic E-state index is 11.7. The third-order valence-electron chi connectivity index (χ3n) is 2.18. The number of amides is 3. The van der Waals surface area contributed by atoms with E-state index in [4.69, 9.17) is 4.74 Å². The first-order chi connectivity index (χ1) is 8.16. The molecule has 1 fully saturated rings. The van der Waals surface area contributed by atoms with Crippen LogP contribution in [0.2, 0.25) is 0 Å². The lowest BCUT2D eigenvalue weighted by Crippen LogP contribution is -2.55. The molecule has 0 spiro atoms. The number of imide groups is 1. The van der Waals surface area contributed by atoms with Crippen molar-refractivity contribution in [2.24, 2.45) is 0 Å². The standard InChI is InChI=1S/C11H10N2O4/c14-8-6-17-11(10(16)12-8)13-9(15)7-4-2-1-3-5-7/h1-5,11H,6H2,(H,13,15)(H,12,14,16). The smallest absolute Gasteiger partial charge is 0.276 e. The minimum Gasteiger partial charge on any atom is -0.339 e. The predicted molar refractivity (Wildman–Crippen MR) is 56.8 cm³/mol. The second-order valence-corrected chi connectivity index (χ2v) is 3.44. The summed E-state index contributed by atoms with van der Waals surface area (Å²) in [4.78, 5) is 33.8. The first-order valence-electron chi connectivity index (χ1n) is 4.98. The Morgan fingerprint density at radius 2 is 2.00 bits per heavy atom. The van der Waals surface area contributed by atoms with Gasteiger partial charge < -0.3 is 10.1 Å². The van der Waals surface area contributed by atoms with E-state index in [2.05, 4.69) is 10.6 Å². The fraction of sp³-hybridized carbons (Fsp3) is 0.182. The number of nitrogens with one attached hydrogen (secondary N) is 2. The molecule has 3 amide bonds. The van der Waals surface area contributed by atoms with Gasteiger partial charge in [0.2, 0.25) is 6.23 Å². The van der Waals surface area contributed by atoms with Crippen LogP contribution in [0.25, 0.3) is 0 Å². The average Bonchev–Trinajstić information content (AvgIpc) is 2.34. The molecule has 0 saturated carbocycles. The first-order valence-corrected chi connectivity index (χ1v) is 4.98. The number of rotatable bonds is 2. The first kappa shape index (κ1) is 11.3. The summed E-state index contributed by atoms with van der Waals surface area (Å²) >= 11 is 0. The molecule has 1 atom stereocenters. The molecule has 1 aromatic carbocycles. The van der Waals surface area contributed by atoms with Crippen LogP contribution in [0, 0.1) is 0 Å². The molecule has 6 heteroatoms. The van der Waals surface area contributed by atoms with Crippen molar-refractivity contribution in [3.63, 3.8) is 0 Å². The van der Waals surface area contributed by atoms with Gasteiger partial charge in [0.1, 0.15) is 6.61 Å². The molecule has 0 aromatic heterocycles. The number of hydrogen-bond donors (Lipinski definition) is 2. The summed E-state index contributed by atoms with van der Waals surface area (Å²) in [5.74, 6) is -1.61. The van der Waals surface area contributed by atoms with Crippen molar-refractivity contribution < 1.29 is 19.1 Å². The van der Waals surface area contributed by atoms with Gasteiger partial charge in [-0.3, -0.25) is 19.7 Å². The van der Waals surface area contributed by atoms with Crippen LogP contribution in [0.4, 0.5) is 0 Å². The van der Waals surface area contributed by atoms with Crippen molar-refractivity contribution in [3.05, 3.63) is 35.9 Å². The van der Waals surface area contributed by atoms with E-state index in [9.17, 15) is 14.4 Å². The number of carbonyl (C=O) groups excluding carboxylic acids is 3. The Kier molecular flexibility index (Phi) is 3.15. The highest BCUT2D eigenvalue weighted by Gasteiger charge is 2.28. The lowest BCUT2D eigenvalue weighted by molar-refractivity contribution is -0.151. The lowest BCUT2D eigenvalue weighted by atomic mass is 10.2. The van der Waals surface area contributed by atoms with Crippen LogP contribution in [-0.4, -0.2) is 30.6 Å². The van der Waals surface area contributed by atoms with Crippen molar-refractivity contribution in [2.75, 3.05) is 6.61 Å². The number of hydrogen-bond acceptors (Lipinski definition) is 4. The molecule has 6 nitrogen and oxygen atoms in total. The van der Waals surface area contributed by atoms with Crippen molar-refractivity contribution >= 4 is 17.7 Å². The van der Waals surface area contributed by atoms with Gasteiger partial charge in [-0.2, -0.15) is 0 Å². The third-order valence-corrected chi connectivity index (χ3v) is 2.18. The van der Waals surface area contributed by atoms with Crippen LogP contribution < -0.4 is 10.6 Å². The number of benzene rings is 1. The topological polar surface area (TPSA) is 84.5 Å². The minimum absolute atomic E-state index is 0.245. The summed E-state index contributed by atoms with van der Waals surface area (Å²) in [6.07, 6.45) is -1.12. The zero-order valence-corrected chi connectivity index (χ0v) is 8.80. The molecular formula is C11H10N2O4. The van der Waals surface area contributed by atoms with Crippen LogP contribution in [0.3, 0.4) is 0 Å². The van der Waals surface area contributed by atoms with Crippen LogP contribution >= 0.6 is 0 Å². The molecule has 1 saturated heterocycles. The molecule has 2 rings (SSSR count). The maximum Gasteiger partial charge on any atom is 0.276 e. The highest BCUT2D eigenvalue weighted by atomic mass is 16.5. The maximum atomic E-state index is 11.7. The van der Waals surface area contributed by atoms with Crippen LogP contribution in [0.15, 0.2) is 30.3 Å². The van der Waals surface area contributed by atoms with Crippen molar-refractivity contribution in [2.45, 2.75) is 6.23 Å². The average molecular weight is 234 g/mol. The molecule has 1 aliphatic rings. The van der Waals surface area contributed by atoms with Gasteiger partial charge >= 0.3 is 0 Å². The lowest BCUT2D eigenvalue weighted by Gasteiger charge is -2.22. The van der Waals surface area contributed by atoms with Crippen LogP contribution in [-0.2, 0) is 14.3 Å². The Balaban J connectivity index is 2.00. The Bertz CT molecular complexity index is 458. The molecule has 1 unspecified atom stereocenters. The summed E-state index contributed by atoms with van der Waals surface area (Å²) in [6, 6.07) is 8.42. The molecule has 0 radical (unpaired) electrons. The van der Waals surface area contributed by atoms with E-state index in [1.165, 1.54) is 0 Å². The molecule has 0 aliphatic carbocycles. The van der Waals surface area contributed by atoms with Gasteiger partial charge in [-0.25, -0.2) is 0 Å². The Morgan fingerprint density at radius 1 is 1.29 bits per heavy atom. The predicted octanol–water partition coefficient (Wildman–Crippen LogP) is -0.585. The second-order valence-electron chi connectivity index (χ2n) is 3.44. The van der Waals surface area contributed by atoms with E-state index in [0.29, 0.717) is 5.56 Å². The van der Waals surface area contributed by atoms with E-state index in [1.807, 2.05) is 0 Å². The van der Waals surface area contributed by atoms with Gasteiger partial charge in [-0.05, 0) is 12.1 Å². The molecule has 1 heterocycles. The quantitative estimate of drug-likeness (QED) is 0.670. The normalized spacial score (nSPS) is 19.6. The monoisotopic (exact) mass is 234 g/mol. The summed E-state index contributed by atoms with van der Waals surface area (Å²) in [5.41, 5.74) is 0.417.